The van der Waals surface area contributed by atoms with Gasteiger partial charge in [-0.15, -0.1) is 0 Å². The normalized spacial score (nSPS) is 20.2. The van der Waals surface area contributed by atoms with E-state index in [2.05, 4.69) is 0 Å². The highest BCUT2D eigenvalue weighted by Crippen LogP contribution is 2.46. The minimum Gasteiger partial charge on any atom is -0.309 e. The molecule has 0 spiro atoms. The van der Waals surface area contributed by atoms with E-state index in [1.807, 2.05) is 85.5 Å². The Balaban J connectivity index is 1.66. The predicted octanol–water partition coefficient (Wildman–Crippen LogP) is 5.47. The smallest absolute Gasteiger partial charge is 0.264 e. The molecule has 2 aliphatic rings. The van der Waals surface area contributed by atoms with Crippen molar-refractivity contribution in [3.05, 3.63) is 90.0 Å². The van der Waals surface area contributed by atoms with Gasteiger partial charge in [-0.05, 0) is 69.0 Å². The maximum atomic E-state index is 14.0. The second-order valence-corrected chi connectivity index (χ2v) is 10.9. The first-order valence-electron chi connectivity index (χ1n) is 11.5. The van der Waals surface area contributed by atoms with Crippen molar-refractivity contribution in [1.29, 1.82) is 0 Å². The number of aryl methyl sites for hydroxylation is 1. The summed E-state index contributed by atoms with van der Waals surface area (Å²) >= 11 is 0. The lowest BCUT2D eigenvalue weighted by Gasteiger charge is -2.43. The summed E-state index contributed by atoms with van der Waals surface area (Å²) < 4.78 is 29.6. The SMILES string of the molecule is Cc1ccc(S(=O)(=O)N(c2ccccc2)[C@@H]2C[C@@H](C)N(C(=O)C3CC3)c3ccccc32)cc1. The molecule has 0 N–H and O–H groups in total. The summed E-state index contributed by atoms with van der Waals surface area (Å²) in [5.74, 6) is 0.250. The number of sulfonamides is 1. The van der Waals surface area contributed by atoms with Gasteiger partial charge < -0.3 is 4.90 Å². The van der Waals surface area contributed by atoms with Gasteiger partial charge in [0.2, 0.25) is 5.91 Å². The molecule has 1 aliphatic carbocycles. The van der Waals surface area contributed by atoms with Crippen molar-refractivity contribution in [3.8, 4) is 0 Å². The Bertz CT molecular complexity index is 1270. The van der Waals surface area contributed by atoms with Gasteiger partial charge in [0.05, 0.1) is 16.6 Å². The van der Waals surface area contributed by atoms with Gasteiger partial charge >= 0.3 is 0 Å². The number of hydrogen-bond donors (Lipinski definition) is 0. The molecule has 2 atom stereocenters. The third-order valence-corrected chi connectivity index (χ3v) is 8.45. The number of carbonyl (C=O) groups is 1. The average Bonchev–Trinajstić information content (AvgIpc) is 3.65. The lowest BCUT2D eigenvalue weighted by Crippen LogP contribution is -2.48. The monoisotopic (exact) mass is 460 g/mol. The number of anilines is 2. The molecule has 3 aromatic carbocycles. The molecular weight excluding hydrogens is 432 g/mol. The molecule has 1 aliphatic heterocycles. The maximum Gasteiger partial charge on any atom is 0.264 e. The van der Waals surface area contributed by atoms with E-state index in [1.54, 1.807) is 16.4 Å². The van der Waals surface area contributed by atoms with Crippen LogP contribution in [0.25, 0.3) is 0 Å². The molecule has 3 aromatic rings. The largest absolute Gasteiger partial charge is 0.309 e. The van der Waals surface area contributed by atoms with Crippen LogP contribution in [0.1, 0.15) is 43.4 Å². The highest BCUT2D eigenvalue weighted by molar-refractivity contribution is 7.92. The van der Waals surface area contributed by atoms with Crippen LogP contribution in [0.15, 0.2) is 83.8 Å². The van der Waals surface area contributed by atoms with Crippen molar-refractivity contribution in [2.45, 2.75) is 50.1 Å². The molecule has 33 heavy (non-hydrogen) atoms. The second kappa shape index (κ2) is 8.34. The van der Waals surface area contributed by atoms with E-state index in [4.69, 9.17) is 0 Å². The summed E-state index contributed by atoms with van der Waals surface area (Å²) in [5, 5.41) is 0. The molecule has 0 radical (unpaired) electrons. The molecular formula is C27H28N2O3S. The van der Waals surface area contributed by atoms with E-state index in [1.165, 1.54) is 0 Å². The van der Waals surface area contributed by atoms with Gasteiger partial charge in [-0.3, -0.25) is 9.10 Å². The molecule has 1 saturated carbocycles. The zero-order valence-corrected chi connectivity index (χ0v) is 19.7. The van der Waals surface area contributed by atoms with Crippen molar-refractivity contribution >= 4 is 27.3 Å². The average molecular weight is 461 g/mol. The van der Waals surface area contributed by atoms with Crippen molar-refractivity contribution in [3.63, 3.8) is 0 Å². The van der Waals surface area contributed by atoms with Crippen LogP contribution in [0, 0.1) is 12.8 Å². The number of rotatable bonds is 5. The molecule has 0 saturated heterocycles. The summed E-state index contributed by atoms with van der Waals surface area (Å²) in [4.78, 5) is 15.3. The van der Waals surface area contributed by atoms with Gasteiger partial charge in [-0.2, -0.15) is 0 Å². The van der Waals surface area contributed by atoms with Gasteiger partial charge in [0.1, 0.15) is 0 Å². The third kappa shape index (κ3) is 3.93. The van der Waals surface area contributed by atoms with Crippen LogP contribution in [0.5, 0.6) is 0 Å². The Kier molecular flexibility index (Phi) is 5.49. The zero-order chi connectivity index (χ0) is 23.2. The van der Waals surface area contributed by atoms with Crippen LogP contribution < -0.4 is 9.21 Å². The highest BCUT2D eigenvalue weighted by atomic mass is 32.2. The third-order valence-electron chi connectivity index (χ3n) is 6.60. The van der Waals surface area contributed by atoms with Gasteiger partial charge in [0, 0.05) is 17.6 Å². The Morgan fingerprint density at radius 1 is 0.909 bits per heavy atom. The molecule has 6 heteroatoms. The summed E-state index contributed by atoms with van der Waals surface area (Å²) in [6.07, 6.45) is 2.40. The van der Waals surface area contributed by atoms with Crippen LogP contribution in [-0.2, 0) is 14.8 Å². The first-order chi connectivity index (χ1) is 15.9. The number of fused-ring (bicyclic) bond motifs is 1. The summed E-state index contributed by atoms with van der Waals surface area (Å²) in [6, 6.07) is 23.4. The van der Waals surface area contributed by atoms with Crippen molar-refractivity contribution in [1.82, 2.24) is 0 Å². The number of carbonyl (C=O) groups excluding carboxylic acids is 1. The Hall–Kier alpha value is -3.12. The number of benzene rings is 3. The fourth-order valence-electron chi connectivity index (χ4n) is 4.75. The molecule has 5 nitrogen and oxygen atoms in total. The van der Waals surface area contributed by atoms with Crippen molar-refractivity contribution in [2.24, 2.45) is 5.92 Å². The number of hydrogen-bond acceptors (Lipinski definition) is 3. The molecule has 0 unspecified atom stereocenters. The first-order valence-corrected chi connectivity index (χ1v) is 12.9. The van der Waals surface area contributed by atoms with Crippen LogP contribution in [-0.4, -0.2) is 20.4 Å². The Labute approximate surface area is 195 Å². The predicted molar refractivity (Wildman–Crippen MR) is 131 cm³/mol. The molecule has 0 bridgehead atoms. The molecule has 1 heterocycles. The number of para-hydroxylation sites is 2. The van der Waals surface area contributed by atoms with Crippen molar-refractivity contribution in [2.75, 3.05) is 9.21 Å². The van der Waals surface area contributed by atoms with Crippen LogP contribution in [0.4, 0.5) is 11.4 Å². The van der Waals surface area contributed by atoms with E-state index < -0.39 is 16.1 Å². The maximum absolute atomic E-state index is 14.0. The van der Waals surface area contributed by atoms with E-state index >= 15 is 0 Å². The van der Waals surface area contributed by atoms with E-state index in [0.29, 0.717) is 12.1 Å². The molecule has 5 rings (SSSR count). The van der Waals surface area contributed by atoms with Crippen LogP contribution in [0.2, 0.25) is 0 Å². The standard InChI is InChI=1S/C27H28N2O3S/c1-19-12-16-23(17-13-19)33(31,32)29(22-8-4-3-5-9-22)26-18-20(2)28(27(30)21-14-15-21)25-11-7-6-10-24(25)26/h3-13,16-17,20-21,26H,14-15,18H2,1-2H3/t20-,26-/m1/s1. The minimum atomic E-state index is -3.85. The first kappa shape index (κ1) is 21.7. The van der Waals surface area contributed by atoms with Gasteiger partial charge in [0.25, 0.3) is 10.0 Å². The fraction of sp³-hybridized carbons (Fsp3) is 0.296. The summed E-state index contributed by atoms with van der Waals surface area (Å²) in [5.41, 5.74) is 3.31. The van der Waals surface area contributed by atoms with Crippen molar-refractivity contribution < 1.29 is 13.2 Å². The second-order valence-electron chi connectivity index (χ2n) is 9.09. The Morgan fingerprint density at radius 2 is 1.55 bits per heavy atom. The van der Waals surface area contributed by atoms with Gasteiger partial charge in [0.15, 0.2) is 0 Å². The van der Waals surface area contributed by atoms with E-state index in [9.17, 15) is 13.2 Å². The van der Waals surface area contributed by atoms with E-state index in [0.717, 1.165) is 29.7 Å². The van der Waals surface area contributed by atoms with Gasteiger partial charge in [-0.1, -0.05) is 54.1 Å². The number of amides is 1. The highest BCUT2D eigenvalue weighted by Gasteiger charge is 2.44. The molecule has 0 aromatic heterocycles. The van der Waals surface area contributed by atoms with Gasteiger partial charge in [-0.25, -0.2) is 8.42 Å². The topological polar surface area (TPSA) is 57.7 Å². The fourth-order valence-corrected chi connectivity index (χ4v) is 6.39. The Morgan fingerprint density at radius 3 is 2.21 bits per heavy atom. The minimum absolute atomic E-state index is 0.0959. The summed E-state index contributed by atoms with van der Waals surface area (Å²) in [6.45, 7) is 3.96. The number of nitrogens with zero attached hydrogens (tertiary/aromatic N) is 2. The molecule has 170 valence electrons. The van der Waals surface area contributed by atoms with E-state index in [-0.39, 0.29) is 22.8 Å². The van der Waals surface area contributed by atoms with Crippen LogP contribution >= 0.6 is 0 Å². The lowest BCUT2D eigenvalue weighted by molar-refractivity contribution is -0.120. The quantitative estimate of drug-likeness (QED) is 0.508. The molecule has 1 fully saturated rings. The summed E-state index contributed by atoms with van der Waals surface area (Å²) in [7, 11) is -3.85. The lowest BCUT2D eigenvalue weighted by atomic mass is 9.91. The van der Waals surface area contributed by atoms with Crippen LogP contribution in [0.3, 0.4) is 0 Å². The molecule has 1 amide bonds. The zero-order valence-electron chi connectivity index (χ0n) is 18.9.